The Morgan fingerprint density at radius 2 is 1.74 bits per heavy atom. The highest BCUT2D eigenvalue weighted by Crippen LogP contribution is 2.39. The minimum absolute atomic E-state index is 0.250. The molecule has 1 atom stereocenters. The molecule has 1 fully saturated rings. The van der Waals surface area contributed by atoms with Crippen LogP contribution in [0.3, 0.4) is 0 Å². The Balaban J connectivity index is 2.29. The Kier molecular flexibility index (Phi) is 6.31. The predicted octanol–water partition coefficient (Wildman–Crippen LogP) is 2.81. The second kappa shape index (κ2) is 7.28. The van der Waals surface area contributed by atoms with Gasteiger partial charge in [0.15, 0.2) is 0 Å². The molecule has 0 saturated heterocycles. The largest absolute Gasteiger partial charge is 0.356 e. The minimum atomic E-state index is 0.250. The van der Waals surface area contributed by atoms with E-state index in [1.165, 1.54) is 12.8 Å². The zero-order valence-corrected chi connectivity index (χ0v) is 13.4. The van der Waals surface area contributed by atoms with Gasteiger partial charge in [-0.2, -0.15) is 0 Å². The molecule has 19 heavy (non-hydrogen) atoms. The topological polar surface area (TPSA) is 41.1 Å². The summed E-state index contributed by atoms with van der Waals surface area (Å²) in [6.07, 6.45) is 4.53. The second-order valence-corrected chi connectivity index (χ2v) is 7.32. The van der Waals surface area contributed by atoms with E-state index in [4.69, 9.17) is 0 Å². The highest BCUT2D eigenvalue weighted by Gasteiger charge is 2.32. The first kappa shape index (κ1) is 16.5. The Bertz CT molecular complexity index is 275. The van der Waals surface area contributed by atoms with Gasteiger partial charge in [0.2, 0.25) is 5.91 Å². The Hall–Kier alpha value is -0.570. The normalized spacial score (nSPS) is 25.9. The van der Waals surface area contributed by atoms with Crippen molar-refractivity contribution < 1.29 is 4.79 Å². The van der Waals surface area contributed by atoms with E-state index in [0.717, 1.165) is 31.8 Å². The van der Waals surface area contributed by atoms with Crippen LogP contribution in [-0.2, 0) is 4.79 Å². The van der Waals surface area contributed by atoms with Crippen LogP contribution in [-0.4, -0.2) is 26.0 Å². The molecule has 0 aromatic heterocycles. The van der Waals surface area contributed by atoms with Gasteiger partial charge in [-0.05, 0) is 56.5 Å². The molecular formula is C16H32N2O. The van der Waals surface area contributed by atoms with Gasteiger partial charge in [0.1, 0.15) is 0 Å². The maximum absolute atomic E-state index is 12.1. The first-order valence-electron chi connectivity index (χ1n) is 7.77. The molecule has 0 bridgehead atoms. The zero-order chi connectivity index (χ0) is 14.5. The van der Waals surface area contributed by atoms with Crippen molar-refractivity contribution in [1.82, 2.24) is 10.6 Å². The summed E-state index contributed by atoms with van der Waals surface area (Å²) in [5.74, 6) is 1.80. The van der Waals surface area contributed by atoms with E-state index < -0.39 is 0 Å². The number of carbonyl (C=O) groups excluding carboxylic acids is 1. The Labute approximate surface area is 118 Å². The first-order valence-corrected chi connectivity index (χ1v) is 7.77. The molecule has 112 valence electrons. The zero-order valence-electron chi connectivity index (χ0n) is 13.4. The molecule has 0 heterocycles. The molecule has 1 unspecified atom stereocenters. The van der Waals surface area contributed by atoms with Crippen molar-refractivity contribution in [3.63, 3.8) is 0 Å². The summed E-state index contributed by atoms with van der Waals surface area (Å²) in [5.41, 5.74) is 0.392. The fourth-order valence-corrected chi connectivity index (χ4v) is 3.06. The summed E-state index contributed by atoms with van der Waals surface area (Å²) >= 11 is 0. The summed E-state index contributed by atoms with van der Waals surface area (Å²) in [5, 5.41) is 6.25. The van der Waals surface area contributed by atoms with Crippen molar-refractivity contribution in [3.8, 4) is 0 Å². The molecule has 1 saturated carbocycles. The SMILES string of the molecule is CNCC(C)CNC(=O)C1CCC(C(C)(C)C)CC1. The lowest BCUT2D eigenvalue weighted by atomic mass is 9.69. The van der Waals surface area contributed by atoms with Gasteiger partial charge >= 0.3 is 0 Å². The quantitative estimate of drug-likeness (QED) is 0.805. The van der Waals surface area contributed by atoms with Crippen molar-refractivity contribution in [1.29, 1.82) is 0 Å². The summed E-state index contributed by atoms with van der Waals surface area (Å²) in [6, 6.07) is 0. The van der Waals surface area contributed by atoms with Crippen LogP contribution >= 0.6 is 0 Å². The van der Waals surface area contributed by atoms with E-state index in [2.05, 4.69) is 38.3 Å². The van der Waals surface area contributed by atoms with Gasteiger partial charge in [-0.3, -0.25) is 4.79 Å². The monoisotopic (exact) mass is 268 g/mol. The Morgan fingerprint density at radius 1 is 1.16 bits per heavy atom. The maximum atomic E-state index is 12.1. The van der Waals surface area contributed by atoms with Gasteiger partial charge in [-0.25, -0.2) is 0 Å². The van der Waals surface area contributed by atoms with Crippen LogP contribution < -0.4 is 10.6 Å². The van der Waals surface area contributed by atoms with E-state index >= 15 is 0 Å². The summed E-state index contributed by atoms with van der Waals surface area (Å²) in [4.78, 5) is 12.1. The molecule has 0 aromatic carbocycles. The summed E-state index contributed by atoms with van der Waals surface area (Å²) in [6.45, 7) is 10.9. The van der Waals surface area contributed by atoms with E-state index in [-0.39, 0.29) is 11.8 Å². The predicted molar refractivity (Wildman–Crippen MR) is 81.0 cm³/mol. The van der Waals surface area contributed by atoms with E-state index in [1.807, 2.05) is 7.05 Å². The van der Waals surface area contributed by atoms with Gasteiger partial charge in [-0.15, -0.1) is 0 Å². The number of hydrogen-bond donors (Lipinski definition) is 2. The van der Waals surface area contributed by atoms with Crippen molar-refractivity contribution in [2.45, 2.75) is 53.4 Å². The molecule has 1 amide bonds. The summed E-state index contributed by atoms with van der Waals surface area (Å²) in [7, 11) is 1.95. The summed E-state index contributed by atoms with van der Waals surface area (Å²) < 4.78 is 0. The molecule has 3 nitrogen and oxygen atoms in total. The second-order valence-electron chi connectivity index (χ2n) is 7.32. The maximum Gasteiger partial charge on any atom is 0.223 e. The van der Waals surface area contributed by atoms with Gasteiger partial charge < -0.3 is 10.6 Å². The first-order chi connectivity index (χ1) is 8.84. The molecule has 2 N–H and O–H groups in total. The number of nitrogens with one attached hydrogen (secondary N) is 2. The molecule has 0 spiro atoms. The molecule has 0 aromatic rings. The average molecular weight is 268 g/mol. The average Bonchev–Trinajstić information content (AvgIpc) is 2.35. The number of rotatable bonds is 5. The van der Waals surface area contributed by atoms with Crippen LogP contribution in [0.2, 0.25) is 0 Å². The lowest BCUT2D eigenvalue weighted by molar-refractivity contribution is -0.126. The van der Waals surface area contributed by atoms with E-state index in [9.17, 15) is 4.79 Å². The molecule has 0 aliphatic heterocycles. The third kappa shape index (κ3) is 5.52. The van der Waals surface area contributed by atoms with E-state index in [0.29, 0.717) is 11.3 Å². The fourth-order valence-electron chi connectivity index (χ4n) is 3.06. The number of carbonyl (C=O) groups is 1. The standard InChI is InChI=1S/C16H32N2O/c1-12(10-17-5)11-18-15(19)13-6-8-14(9-7-13)16(2,3)4/h12-14,17H,6-11H2,1-5H3,(H,18,19). The van der Waals surface area contributed by atoms with E-state index in [1.54, 1.807) is 0 Å². The molecule has 1 rings (SSSR count). The highest BCUT2D eigenvalue weighted by atomic mass is 16.1. The molecule has 1 aliphatic rings. The van der Waals surface area contributed by atoms with Crippen LogP contribution in [0.15, 0.2) is 0 Å². The van der Waals surface area contributed by atoms with Crippen molar-refractivity contribution in [2.75, 3.05) is 20.1 Å². The van der Waals surface area contributed by atoms with Gasteiger partial charge in [0.25, 0.3) is 0 Å². The highest BCUT2D eigenvalue weighted by molar-refractivity contribution is 5.78. The lowest BCUT2D eigenvalue weighted by Gasteiger charge is -2.36. The van der Waals surface area contributed by atoms with Crippen molar-refractivity contribution in [3.05, 3.63) is 0 Å². The third-order valence-electron chi connectivity index (χ3n) is 4.50. The van der Waals surface area contributed by atoms with Gasteiger partial charge in [0.05, 0.1) is 0 Å². The molecule has 3 heteroatoms. The van der Waals surface area contributed by atoms with Crippen LogP contribution in [0.4, 0.5) is 0 Å². The Morgan fingerprint density at radius 3 is 2.21 bits per heavy atom. The van der Waals surface area contributed by atoms with Crippen LogP contribution in [0, 0.1) is 23.2 Å². The smallest absolute Gasteiger partial charge is 0.223 e. The number of hydrogen-bond acceptors (Lipinski definition) is 2. The van der Waals surface area contributed by atoms with Gasteiger partial charge in [-0.1, -0.05) is 27.7 Å². The van der Waals surface area contributed by atoms with Crippen LogP contribution in [0.25, 0.3) is 0 Å². The van der Waals surface area contributed by atoms with Gasteiger partial charge in [0, 0.05) is 12.5 Å². The molecular weight excluding hydrogens is 236 g/mol. The van der Waals surface area contributed by atoms with Crippen molar-refractivity contribution in [2.24, 2.45) is 23.2 Å². The van der Waals surface area contributed by atoms with Crippen LogP contribution in [0.5, 0.6) is 0 Å². The third-order valence-corrected chi connectivity index (χ3v) is 4.50. The number of amides is 1. The minimum Gasteiger partial charge on any atom is -0.356 e. The van der Waals surface area contributed by atoms with Crippen LogP contribution in [0.1, 0.15) is 53.4 Å². The molecule has 1 aliphatic carbocycles. The lowest BCUT2D eigenvalue weighted by Crippen LogP contribution is -2.38. The molecule has 0 radical (unpaired) electrons. The van der Waals surface area contributed by atoms with Crippen molar-refractivity contribution >= 4 is 5.91 Å². The fraction of sp³-hybridized carbons (Fsp3) is 0.938.